The topological polar surface area (TPSA) is 60.9 Å². The summed E-state index contributed by atoms with van der Waals surface area (Å²) in [6.07, 6.45) is 1.82. The summed E-state index contributed by atoms with van der Waals surface area (Å²) >= 11 is 0. The first-order valence-electron chi connectivity index (χ1n) is 5.62. The maximum Gasteiger partial charge on any atom is 0.329 e. The van der Waals surface area contributed by atoms with E-state index >= 15 is 0 Å². The molecule has 16 heavy (non-hydrogen) atoms. The van der Waals surface area contributed by atoms with Crippen LogP contribution in [0.2, 0.25) is 0 Å². The first-order valence-corrected chi connectivity index (χ1v) is 5.62. The van der Waals surface area contributed by atoms with Crippen molar-refractivity contribution in [1.29, 1.82) is 0 Å². The molecule has 1 atom stereocenters. The second-order valence-electron chi connectivity index (χ2n) is 4.58. The minimum Gasteiger partial charge on any atom is -0.479 e. The molecule has 0 aliphatic carbocycles. The number of likely N-dealkylation sites (tertiary alicyclic amines) is 1. The number of amides is 1. The van der Waals surface area contributed by atoms with Gasteiger partial charge in [0.15, 0.2) is 0 Å². The van der Waals surface area contributed by atoms with Gasteiger partial charge in [0.2, 0.25) is 5.91 Å². The highest BCUT2D eigenvalue weighted by Gasteiger charge is 2.48. The Bertz CT molecular complexity index is 291. The Kier molecular flexibility index (Phi) is 3.91. The summed E-state index contributed by atoms with van der Waals surface area (Å²) in [5.74, 6) is -0.966. The van der Waals surface area contributed by atoms with Crippen molar-refractivity contribution in [1.82, 2.24) is 9.80 Å². The molecule has 0 saturated carbocycles. The number of carboxylic acids is 1. The van der Waals surface area contributed by atoms with Gasteiger partial charge in [-0.25, -0.2) is 4.79 Å². The number of carbonyl (C=O) groups excluding carboxylic acids is 1. The molecule has 0 aromatic carbocycles. The standard InChI is InChI=1S/C11H20N2O3/c1-4-11(10(15)16)6-5-7-13(11)9(14)8-12(2)3/h4-8H2,1-3H3,(H,15,16). The molecule has 0 aromatic heterocycles. The molecule has 0 aromatic rings. The van der Waals surface area contributed by atoms with Crippen molar-refractivity contribution >= 4 is 11.9 Å². The summed E-state index contributed by atoms with van der Waals surface area (Å²) in [5.41, 5.74) is -0.965. The van der Waals surface area contributed by atoms with Crippen LogP contribution in [0, 0.1) is 0 Å². The normalized spacial score (nSPS) is 25.1. The molecule has 1 fully saturated rings. The summed E-state index contributed by atoms with van der Waals surface area (Å²) < 4.78 is 0. The quantitative estimate of drug-likeness (QED) is 0.757. The van der Waals surface area contributed by atoms with Crippen LogP contribution in [-0.2, 0) is 9.59 Å². The highest BCUT2D eigenvalue weighted by atomic mass is 16.4. The van der Waals surface area contributed by atoms with Crippen LogP contribution in [0.5, 0.6) is 0 Å². The number of hydrogen-bond donors (Lipinski definition) is 1. The van der Waals surface area contributed by atoms with Crippen LogP contribution >= 0.6 is 0 Å². The molecule has 1 rings (SSSR count). The molecule has 1 aliphatic rings. The third kappa shape index (κ3) is 2.19. The maximum absolute atomic E-state index is 12.0. The van der Waals surface area contributed by atoms with Crippen molar-refractivity contribution in [2.75, 3.05) is 27.2 Å². The Labute approximate surface area is 96.0 Å². The van der Waals surface area contributed by atoms with Crippen molar-refractivity contribution in [2.45, 2.75) is 31.7 Å². The van der Waals surface area contributed by atoms with Crippen molar-refractivity contribution in [3.63, 3.8) is 0 Å². The van der Waals surface area contributed by atoms with E-state index in [1.165, 1.54) is 4.90 Å². The number of aliphatic carboxylic acids is 1. The lowest BCUT2D eigenvalue weighted by molar-refractivity contribution is -0.157. The van der Waals surface area contributed by atoms with Gasteiger partial charge in [0.1, 0.15) is 5.54 Å². The molecule has 5 heteroatoms. The average molecular weight is 228 g/mol. The van der Waals surface area contributed by atoms with E-state index in [-0.39, 0.29) is 12.5 Å². The fourth-order valence-electron chi connectivity index (χ4n) is 2.34. The van der Waals surface area contributed by atoms with Crippen LogP contribution in [-0.4, -0.2) is 59.5 Å². The molecule has 0 bridgehead atoms. The first kappa shape index (κ1) is 13.0. The monoisotopic (exact) mass is 228 g/mol. The molecule has 0 spiro atoms. The van der Waals surface area contributed by atoms with E-state index < -0.39 is 11.5 Å². The van der Waals surface area contributed by atoms with Crippen molar-refractivity contribution in [2.24, 2.45) is 0 Å². The van der Waals surface area contributed by atoms with Gasteiger partial charge < -0.3 is 14.9 Å². The largest absolute Gasteiger partial charge is 0.479 e. The minimum absolute atomic E-state index is 0.0910. The van der Waals surface area contributed by atoms with Crippen LogP contribution in [0.25, 0.3) is 0 Å². The van der Waals surface area contributed by atoms with Crippen LogP contribution in [0.4, 0.5) is 0 Å². The van der Waals surface area contributed by atoms with E-state index in [9.17, 15) is 14.7 Å². The van der Waals surface area contributed by atoms with E-state index in [2.05, 4.69) is 0 Å². The van der Waals surface area contributed by atoms with Crippen molar-refractivity contribution < 1.29 is 14.7 Å². The molecule has 1 heterocycles. The predicted molar refractivity (Wildman–Crippen MR) is 60.2 cm³/mol. The lowest BCUT2D eigenvalue weighted by Gasteiger charge is -2.34. The average Bonchev–Trinajstić information content (AvgIpc) is 2.60. The van der Waals surface area contributed by atoms with Gasteiger partial charge in [0, 0.05) is 6.54 Å². The van der Waals surface area contributed by atoms with Crippen LogP contribution in [0.1, 0.15) is 26.2 Å². The highest BCUT2D eigenvalue weighted by Crippen LogP contribution is 2.32. The van der Waals surface area contributed by atoms with E-state index in [1.54, 1.807) is 4.90 Å². The lowest BCUT2D eigenvalue weighted by Crippen LogP contribution is -2.54. The Hall–Kier alpha value is -1.10. The van der Waals surface area contributed by atoms with Gasteiger partial charge in [-0.15, -0.1) is 0 Å². The van der Waals surface area contributed by atoms with Gasteiger partial charge in [-0.05, 0) is 33.4 Å². The number of hydrogen-bond acceptors (Lipinski definition) is 3. The van der Waals surface area contributed by atoms with Gasteiger partial charge in [-0.3, -0.25) is 4.79 Å². The second kappa shape index (κ2) is 4.82. The fraction of sp³-hybridized carbons (Fsp3) is 0.818. The van der Waals surface area contributed by atoms with E-state index in [1.807, 2.05) is 21.0 Å². The van der Waals surface area contributed by atoms with Gasteiger partial charge in [0.05, 0.1) is 6.54 Å². The van der Waals surface area contributed by atoms with E-state index in [0.29, 0.717) is 19.4 Å². The molecular formula is C11H20N2O3. The molecule has 1 saturated heterocycles. The number of carbonyl (C=O) groups is 2. The number of nitrogens with zero attached hydrogens (tertiary/aromatic N) is 2. The Morgan fingerprint density at radius 2 is 2.06 bits per heavy atom. The number of rotatable bonds is 4. The molecule has 0 radical (unpaired) electrons. The Morgan fingerprint density at radius 3 is 2.50 bits per heavy atom. The molecule has 1 unspecified atom stereocenters. The summed E-state index contributed by atoms with van der Waals surface area (Å²) in [4.78, 5) is 26.6. The Balaban J connectivity index is 2.86. The first-order chi connectivity index (χ1) is 7.44. The highest BCUT2D eigenvalue weighted by molar-refractivity contribution is 5.88. The third-order valence-electron chi connectivity index (χ3n) is 3.22. The predicted octanol–water partition coefficient (Wildman–Crippen LogP) is 0.404. The zero-order valence-electron chi connectivity index (χ0n) is 10.2. The summed E-state index contributed by atoms with van der Waals surface area (Å²) in [5, 5.41) is 9.31. The zero-order valence-corrected chi connectivity index (χ0v) is 10.2. The SMILES string of the molecule is CCC1(C(=O)O)CCCN1C(=O)CN(C)C. The maximum atomic E-state index is 12.0. The summed E-state index contributed by atoms with van der Waals surface area (Å²) in [6, 6.07) is 0. The van der Waals surface area contributed by atoms with Crippen molar-refractivity contribution in [3.05, 3.63) is 0 Å². The fourth-order valence-corrected chi connectivity index (χ4v) is 2.34. The molecule has 1 aliphatic heterocycles. The van der Waals surface area contributed by atoms with Crippen LogP contribution < -0.4 is 0 Å². The van der Waals surface area contributed by atoms with Gasteiger partial charge in [0.25, 0.3) is 0 Å². The molecule has 1 N–H and O–H groups in total. The van der Waals surface area contributed by atoms with Gasteiger partial charge >= 0.3 is 5.97 Å². The van der Waals surface area contributed by atoms with E-state index in [4.69, 9.17) is 0 Å². The van der Waals surface area contributed by atoms with Crippen molar-refractivity contribution in [3.8, 4) is 0 Å². The molecule has 5 nitrogen and oxygen atoms in total. The Morgan fingerprint density at radius 1 is 1.44 bits per heavy atom. The third-order valence-corrected chi connectivity index (χ3v) is 3.22. The summed E-state index contributed by atoms with van der Waals surface area (Å²) in [6.45, 7) is 2.66. The van der Waals surface area contributed by atoms with Gasteiger partial charge in [-0.1, -0.05) is 6.92 Å². The van der Waals surface area contributed by atoms with Crippen LogP contribution in [0.15, 0.2) is 0 Å². The molecular weight excluding hydrogens is 208 g/mol. The minimum atomic E-state index is -0.965. The molecule has 92 valence electrons. The van der Waals surface area contributed by atoms with Crippen LogP contribution in [0.3, 0.4) is 0 Å². The second-order valence-corrected chi connectivity index (χ2v) is 4.58. The summed E-state index contributed by atoms with van der Waals surface area (Å²) in [7, 11) is 3.62. The molecule has 1 amide bonds. The number of carboxylic acid groups (broad SMARTS) is 1. The van der Waals surface area contributed by atoms with E-state index in [0.717, 1.165) is 6.42 Å². The smallest absolute Gasteiger partial charge is 0.329 e. The van der Waals surface area contributed by atoms with Gasteiger partial charge in [-0.2, -0.15) is 0 Å². The number of likely N-dealkylation sites (N-methyl/N-ethyl adjacent to an activating group) is 1. The zero-order chi connectivity index (χ0) is 12.3. The lowest BCUT2D eigenvalue weighted by atomic mass is 9.93.